The molecule has 1 saturated heterocycles. The lowest BCUT2D eigenvalue weighted by atomic mass is 10.1. The van der Waals surface area contributed by atoms with Crippen molar-refractivity contribution < 1.29 is 4.79 Å². The first-order chi connectivity index (χ1) is 14.2. The fourth-order valence-electron chi connectivity index (χ4n) is 3.52. The van der Waals surface area contributed by atoms with Gasteiger partial charge in [-0.2, -0.15) is 11.3 Å². The monoisotopic (exact) mass is 423 g/mol. The minimum Gasteiger partial charge on any atom is -0.337 e. The number of aromatic amines is 1. The molecule has 2 N–H and O–H groups in total. The number of carbonyl (C=O) groups excluding carboxylic acids is 1. The lowest BCUT2D eigenvalue weighted by molar-refractivity contribution is 0.222. The van der Waals surface area contributed by atoms with E-state index in [4.69, 9.17) is 11.6 Å². The van der Waals surface area contributed by atoms with Crippen molar-refractivity contribution in [3.63, 3.8) is 0 Å². The Hall–Kier alpha value is -2.90. The van der Waals surface area contributed by atoms with Gasteiger partial charge in [0.05, 0.1) is 10.5 Å². The van der Waals surface area contributed by atoms with Gasteiger partial charge < -0.3 is 15.2 Å². The number of pyridine rings is 1. The van der Waals surface area contributed by atoms with Crippen LogP contribution in [0.1, 0.15) is 12.8 Å². The van der Waals surface area contributed by atoms with Gasteiger partial charge in [0.15, 0.2) is 5.65 Å². The summed E-state index contributed by atoms with van der Waals surface area (Å²) in [6.07, 6.45) is 3.93. The molecule has 4 aromatic rings. The second kappa shape index (κ2) is 7.50. The van der Waals surface area contributed by atoms with E-state index in [0.717, 1.165) is 48.1 Å². The predicted octanol–water partition coefficient (Wildman–Crippen LogP) is 5.63. The number of hydrogen-bond acceptors (Lipinski definition) is 4. The van der Waals surface area contributed by atoms with Gasteiger partial charge in [-0.15, -0.1) is 0 Å². The number of hydrogen-bond donors (Lipinski definition) is 2. The minimum atomic E-state index is -0.0811. The Kier molecular flexibility index (Phi) is 4.69. The number of H-pyrrole nitrogens is 1. The molecule has 5 rings (SSSR count). The van der Waals surface area contributed by atoms with Crippen LogP contribution < -0.4 is 5.32 Å². The molecule has 8 heteroatoms. The average molecular weight is 424 g/mol. The maximum atomic E-state index is 12.4. The quantitative estimate of drug-likeness (QED) is 0.448. The number of imidazole rings is 1. The molecule has 1 aromatic carbocycles. The summed E-state index contributed by atoms with van der Waals surface area (Å²) in [5.74, 6) is 0.622. The summed E-state index contributed by atoms with van der Waals surface area (Å²) in [4.78, 5) is 26.6. The van der Waals surface area contributed by atoms with Crippen molar-refractivity contribution in [1.82, 2.24) is 19.9 Å². The first kappa shape index (κ1) is 18.1. The highest BCUT2D eigenvalue weighted by molar-refractivity contribution is 7.08. The zero-order valence-electron chi connectivity index (χ0n) is 15.5. The summed E-state index contributed by atoms with van der Waals surface area (Å²) in [6.45, 7) is 1.60. The van der Waals surface area contributed by atoms with Crippen molar-refractivity contribution in [2.45, 2.75) is 12.8 Å². The van der Waals surface area contributed by atoms with E-state index in [1.807, 2.05) is 28.6 Å². The lowest BCUT2D eigenvalue weighted by Crippen LogP contribution is -2.32. The van der Waals surface area contributed by atoms with Gasteiger partial charge in [-0.3, -0.25) is 0 Å². The standard InChI is InChI=1S/C21H18ClN5OS/c22-17-4-3-15(24-21(28)27-6-1-2-7-27)10-16(17)19-25-18-9-14(11-23-20(18)26-19)13-5-8-29-12-13/h3-5,8-12H,1-2,6-7H2,(H,24,28)(H,23,25,26). The summed E-state index contributed by atoms with van der Waals surface area (Å²) in [7, 11) is 0. The molecule has 146 valence electrons. The van der Waals surface area contributed by atoms with Crippen LogP contribution in [0.15, 0.2) is 47.3 Å². The number of benzene rings is 1. The lowest BCUT2D eigenvalue weighted by Gasteiger charge is -2.16. The van der Waals surface area contributed by atoms with Crippen LogP contribution in [0, 0.1) is 0 Å². The van der Waals surface area contributed by atoms with E-state index in [1.54, 1.807) is 23.5 Å². The first-order valence-corrected chi connectivity index (χ1v) is 10.7. The molecule has 3 aromatic heterocycles. The number of anilines is 1. The van der Waals surface area contributed by atoms with Crippen LogP contribution in [-0.2, 0) is 0 Å². The number of aromatic nitrogens is 3. The third kappa shape index (κ3) is 3.59. The summed E-state index contributed by atoms with van der Waals surface area (Å²) < 4.78 is 0. The second-order valence-corrected chi connectivity index (χ2v) is 8.20. The van der Waals surface area contributed by atoms with Crippen LogP contribution in [0.5, 0.6) is 0 Å². The van der Waals surface area contributed by atoms with Crippen LogP contribution in [-0.4, -0.2) is 39.0 Å². The number of thiophene rings is 1. The van der Waals surface area contributed by atoms with E-state index in [2.05, 4.69) is 31.7 Å². The predicted molar refractivity (Wildman–Crippen MR) is 117 cm³/mol. The van der Waals surface area contributed by atoms with Gasteiger partial charge in [0, 0.05) is 36.1 Å². The second-order valence-electron chi connectivity index (χ2n) is 7.01. The molecule has 1 aliphatic heterocycles. The summed E-state index contributed by atoms with van der Waals surface area (Å²) >= 11 is 8.08. The Bertz CT molecular complexity index is 1180. The largest absolute Gasteiger partial charge is 0.337 e. The third-order valence-corrected chi connectivity index (χ3v) is 6.07. The van der Waals surface area contributed by atoms with Crippen molar-refractivity contribution in [2.24, 2.45) is 0 Å². The van der Waals surface area contributed by atoms with Gasteiger partial charge in [0.1, 0.15) is 5.82 Å². The van der Waals surface area contributed by atoms with Crippen molar-refractivity contribution in [3.05, 3.63) is 52.3 Å². The van der Waals surface area contributed by atoms with Gasteiger partial charge >= 0.3 is 6.03 Å². The Morgan fingerprint density at radius 3 is 2.83 bits per heavy atom. The van der Waals surface area contributed by atoms with Crippen molar-refractivity contribution in [2.75, 3.05) is 18.4 Å². The Labute approximate surface area is 176 Å². The first-order valence-electron chi connectivity index (χ1n) is 9.41. The Morgan fingerprint density at radius 1 is 1.17 bits per heavy atom. The number of urea groups is 1. The molecule has 0 unspecified atom stereocenters. The minimum absolute atomic E-state index is 0.0811. The molecule has 6 nitrogen and oxygen atoms in total. The van der Waals surface area contributed by atoms with Gasteiger partial charge in [0.25, 0.3) is 0 Å². The normalized spacial score (nSPS) is 13.9. The number of fused-ring (bicyclic) bond motifs is 1. The molecule has 0 bridgehead atoms. The third-order valence-electron chi connectivity index (χ3n) is 5.06. The number of nitrogens with one attached hydrogen (secondary N) is 2. The summed E-state index contributed by atoms with van der Waals surface area (Å²) in [5, 5.41) is 7.64. The summed E-state index contributed by atoms with van der Waals surface area (Å²) in [6, 6.07) is 9.43. The SMILES string of the molecule is O=C(Nc1ccc(Cl)c(-c2nc3ncc(-c4ccsc4)cc3[nH]2)c1)N1CCCC1. The molecule has 4 heterocycles. The zero-order chi connectivity index (χ0) is 19.8. The van der Waals surface area contributed by atoms with Gasteiger partial charge in [0.2, 0.25) is 0 Å². The van der Waals surface area contributed by atoms with E-state index in [-0.39, 0.29) is 6.03 Å². The number of halogens is 1. The van der Waals surface area contributed by atoms with Crippen LogP contribution in [0.3, 0.4) is 0 Å². The number of amides is 2. The van der Waals surface area contributed by atoms with E-state index in [1.165, 1.54) is 0 Å². The molecule has 29 heavy (non-hydrogen) atoms. The average Bonchev–Trinajstić information content (AvgIpc) is 3.49. The van der Waals surface area contributed by atoms with E-state index < -0.39 is 0 Å². The van der Waals surface area contributed by atoms with Crippen LogP contribution >= 0.6 is 22.9 Å². The number of nitrogens with zero attached hydrogens (tertiary/aromatic N) is 3. The van der Waals surface area contributed by atoms with Gasteiger partial charge in [-0.25, -0.2) is 14.8 Å². The molecular formula is C21H18ClN5OS. The number of likely N-dealkylation sites (tertiary alicyclic amines) is 1. The summed E-state index contributed by atoms with van der Waals surface area (Å²) in [5.41, 5.74) is 5.04. The smallest absolute Gasteiger partial charge is 0.321 e. The zero-order valence-corrected chi connectivity index (χ0v) is 17.1. The van der Waals surface area contributed by atoms with Crippen LogP contribution in [0.25, 0.3) is 33.7 Å². The van der Waals surface area contributed by atoms with E-state index >= 15 is 0 Å². The molecule has 0 atom stereocenters. The maximum Gasteiger partial charge on any atom is 0.321 e. The highest BCUT2D eigenvalue weighted by Crippen LogP contribution is 2.31. The van der Waals surface area contributed by atoms with E-state index in [0.29, 0.717) is 22.2 Å². The van der Waals surface area contributed by atoms with Crippen LogP contribution in [0.2, 0.25) is 5.02 Å². The fraction of sp³-hybridized carbons (Fsp3) is 0.190. The van der Waals surface area contributed by atoms with Crippen molar-refractivity contribution >= 4 is 45.8 Å². The molecule has 0 saturated carbocycles. The molecule has 1 fully saturated rings. The van der Waals surface area contributed by atoms with Crippen LogP contribution in [0.4, 0.5) is 10.5 Å². The fourth-order valence-corrected chi connectivity index (χ4v) is 4.39. The van der Waals surface area contributed by atoms with E-state index in [9.17, 15) is 4.79 Å². The Balaban J connectivity index is 1.46. The molecule has 2 amide bonds. The topological polar surface area (TPSA) is 73.9 Å². The molecule has 1 aliphatic rings. The van der Waals surface area contributed by atoms with Gasteiger partial charge in [-0.05, 0) is 59.5 Å². The Morgan fingerprint density at radius 2 is 2.03 bits per heavy atom. The molecule has 0 spiro atoms. The molecule has 0 aliphatic carbocycles. The maximum absolute atomic E-state index is 12.4. The molecule has 0 radical (unpaired) electrons. The van der Waals surface area contributed by atoms with Crippen molar-refractivity contribution in [3.8, 4) is 22.5 Å². The highest BCUT2D eigenvalue weighted by Gasteiger charge is 2.18. The highest BCUT2D eigenvalue weighted by atomic mass is 35.5. The molecular weight excluding hydrogens is 406 g/mol. The number of rotatable bonds is 3. The van der Waals surface area contributed by atoms with Crippen molar-refractivity contribution in [1.29, 1.82) is 0 Å². The number of carbonyl (C=O) groups is 1. The van der Waals surface area contributed by atoms with Gasteiger partial charge in [-0.1, -0.05) is 11.6 Å².